The number of rotatable bonds is 6. The Morgan fingerprint density at radius 2 is 1.75 bits per heavy atom. The van der Waals surface area contributed by atoms with Gasteiger partial charge in [0.1, 0.15) is 0 Å². The van der Waals surface area contributed by atoms with E-state index in [-0.39, 0.29) is 11.9 Å². The lowest BCUT2D eigenvalue weighted by atomic mass is 10.1. The molecule has 0 unspecified atom stereocenters. The number of anilines is 1. The zero-order valence-electron chi connectivity index (χ0n) is 16.2. The van der Waals surface area contributed by atoms with Gasteiger partial charge in [0.15, 0.2) is 29.1 Å². The van der Waals surface area contributed by atoms with Crippen LogP contribution in [0.15, 0.2) is 59.5 Å². The van der Waals surface area contributed by atoms with Gasteiger partial charge in [-0.05, 0) is 33.6 Å². The molecule has 11 heteroatoms. The van der Waals surface area contributed by atoms with Gasteiger partial charge in [-0.1, -0.05) is 12.1 Å². The highest BCUT2D eigenvalue weighted by Gasteiger charge is 2.20. The lowest BCUT2D eigenvalue weighted by Gasteiger charge is -2.08. The van der Waals surface area contributed by atoms with E-state index in [4.69, 9.17) is 0 Å². The van der Waals surface area contributed by atoms with E-state index in [9.17, 15) is 22.4 Å². The molecule has 4 aromatic rings. The second-order valence-corrected chi connectivity index (χ2v) is 7.77. The van der Waals surface area contributed by atoms with E-state index in [0.717, 1.165) is 14.7 Å². The summed E-state index contributed by atoms with van der Waals surface area (Å²) in [6.45, 7) is -0.0974. The molecule has 2 aromatic carbocycles. The predicted octanol–water partition coefficient (Wildman–Crippen LogP) is 4.75. The number of hydrogen-bond donors (Lipinski definition) is 1. The Balaban J connectivity index is 1.46. The highest BCUT2D eigenvalue weighted by Crippen LogP contribution is 2.20. The van der Waals surface area contributed by atoms with Gasteiger partial charge < -0.3 is 5.32 Å². The van der Waals surface area contributed by atoms with Crippen molar-refractivity contribution in [2.45, 2.75) is 13.1 Å². The van der Waals surface area contributed by atoms with Crippen molar-refractivity contribution in [2.75, 3.05) is 5.32 Å². The zero-order valence-corrected chi connectivity index (χ0v) is 17.8. The van der Waals surface area contributed by atoms with Crippen molar-refractivity contribution in [2.24, 2.45) is 0 Å². The molecule has 0 saturated heterocycles. The minimum absolute atomic E-state index is 0.106. The lowest BCUT2D eigenvalue weighted by molar-refractivity contribution is 0.102. The normalized spacial score (nSPS) is 11.0. The Bertz CT molecular complexity index is 1280. The molecule has 164 valence electrons. The van der Waals surface area contributed by atoms with Gasteiger partial charge in [-0.3, -0.25) is 14.2 Å². The Hall–Kier alpha value is -3.47. The first-order chi connectivity index (χ1) is 15.3. The van der Waals surface area contributed by atoms with Gasteiger partial charge in [-0.2, -0.15) is 10.2 Å². The van der Waals surface area contributed by atoms with E-state index in [2.05, 4.69) is 31.4 Å². The van der Waals surface area contributed by atoms with Crippen LogP contribution in [0, 0.1) is 23.3 Å². The molecule has 0 saturated carbocycles. The summed E-state index contributed by atoms with van der Waals surface area (Å²) in [5.74, 6) is -6.33. The summed E-state index contributed by atoms with van der Waals surface area (Å²) >= 11 is 3.32. The molecule has 0 fully saturated rings. The third-order valence-corrected chi connectivity index (χ3v) is 4.95. The molecular formula is C21H14BrF4N5O. The highest BCUT2D eigenvalue weighted by atomic mass is 79.9. The average molecular weight is 508 g/mol. The fourth-order valence-corrected chi connectivity index (χ4v) is 3.38. The van der Waals surface area contributed by atoms with Crippen molar-refractivity contribution in [1.82, 2.24) is 19.6 Å². The molecule has 1 N–H and O–H groups in total. The van der Waals surface area contributed by atoms with Crippen molar-refractivity contribution >= 4 is 27.7 Å². The van der Waals surface area contributed by atoms with Crippen LogP contribution in [0.1, 0.15) is 21.5 Å². The van der Waals surface area contributed by atoms with Crippen LogP contribution in [0.25, 0.3) is 0 Å². The monoisotopic (exact) mass is 507 g/mol. The molecule has 0 atom stereocenters. The maximum atomic E-state index is 13.9. The van der Waals surface area contributed by atoms with Crippen LogP contribution in [-0.2, 0) is 13.1 Å². The van der Waals surface area contributed by atoms with Crippen molar-refractivity contribution in [3.8, 4) is 0 Å². The van der Waals surface area contributed by atoms with Crippen molar-refractivity contribution in [1.29, 1.82) is 0 Å². The van der Waals surface area contributed by atoms with Gasteiger partial charge in [0.05, 0.1) is 29.3 Å². The van der Waals surface area contributed by atoms with E-state index in [1.54, 1.807) is 35.3 Å². The number of hydrogen-bond acceptors (Lipinski definition) is 3. The lowest BCUT2D eigenvalue weighted by Crippen LogP contribution is -2.14. The fraction of sp³-hybridized carbons (Fsp3) is 0.0952. The van der Waals surface area contributed by atoms with Crippen LogP contribution in [-0.4, -0.2) is 25.5 Å². The quantitative estimate of drug-likeness (QED) is 0.302. The number of carbonyl (C=O) groups is 1. The number of aromatic nitrogens is 4. The Labute approximate surface area is 187 Å². The number of nitrogens with zero attached hydrogens (tertiary/aromatic N) is 4. The molecule has 2 aromatic heterocycles. The number of carbonyl (C=O) groups excluding carboxylic acids is 1. The van der Waals surface area contributed by atoms with Gasteiger partial charge in [0, 0.05) is 30.1 Å². The highest BCUT2D eigenvalue weighted by molar-refractivity contribution is 9.10. The first kappa shape index (κ1) is 21.8. The van der Waals surface area contributed by atoms with E-state index in [0.29, 0.717) is 12.1 Å². The van der Waals surface area contributed by atoms with Crippen molar-refractivity contribution in [3.63, 3.8) is 0 Å². The van der Waals surface area contributed by atoms with Crippen LogP contribution in [0.4, 0.5) is 23.4 Å². The average Bonchev–Trinajstić information content (AvgIpc) is 3.38. The standard InChI is InChI=1S/C21H14BrF4N5O/c22-14-8-27-31(10-14)9-12-2-1-3-13(6-12)21(32)28-18-4-5-30(29-18)11-15-19(25)16(23)7-17(24)20(15)26/h1-8,10H,9,11H2,(H,28,29,32). The maximum absolute atomic E-state index is 13.9. The summed E-state index contributed by atoms with van der Waals surface area (Å²) < 4.78 is 58.1. The van der Waals surface area contributed by atoms with Crippen LogP contribution < -0.4 is 5.32 Å². The van der Waals surface area contributed by atoms with Crippen LogP contribution in [0.2, 0.25) is 0 Å². The molecule has 0 aliphatic carbocycles. The summed E-state index contributed by atoms with van der Waals surface area (Å²) in [5.41, 5.74) is 0.409. The van der Waals surface area contributed by atoms with Crippen LogP contribution in [0.5, 0.6) is 0 Å². The second kappa shape index (κ2) is 8.95. The van der Waals surface area contributed by atoms with Crippen LogP contribution in [0.3, 0.4) is 0 Å². The topological polar surface area (TPSA) is 64.7 Å². The third-order valence-electron chi connectivity index (χ3n) is 4.54. The Kier molecular flexibility index (Phi) is 6.08. The summed E-state index contributed by atoms with van der Waals surface area (Å²) in [5, 5.41) is 10.7. The van der Waals surface area contributed by atoms with Crippen LogP contribution >= 0.6 is 15.9 Å². The minimum atomic E-state index is -1.50. The second-order valence-electron chi connectivity index (χ2n) is 6.86. The van der Waals surface area contributed by atoms with E-state index < -0.39 is 41.3 Å². The van der Waals surface area contributed by atoms with E-state index in [1.165, 1.54) is 12.3 Å². The SMILES string of the molecule is O=C(Nc1ccn(Cc2c(F)c(F)cc(F)c2F)n1)c1cccc(Cn2cc(Br)cn2)c1. The fourth-order valence-electron chi connectivity index (χ4n) is 3.05. The van der Waals surface area contributed by atoms with Gasteiger partial charge in [-0.15, -0.1) is 0 Å². The maximum Gasteiger partial charge on any atom is 0.256 e. The van der Waals surface area contributed by atoms with E-state index in [1.807, 2.05) is 6.07 Å². The molecular weight excluding hydrogens is 494 g/mol. The first-order valence-electron chi connectivity index (χ1n) is 9.23. The molecule has 4 rings (SSSR count). The molecule has 1 amide bonds. The number of halogens is 5. The third kappa shape index (κ3) is 4.72. The molecule has 0 spiro atoms. The number of nitrogens with one attached hydrogen (secondary N) is 1. The molecule has 0 aliphatic heterocycles. The van der Waals surface area contributed by atoms with Crippen molar-refractivity contribution < 1.29 is 22.4 Å². The molecule has 6 nitrogen and oxygen atoms in total. The molecule has 32 heavy (non-hydrogen) atoms. The van der Waals surface area contributed by atoms with Gasteiger partial charge in [0.25, 0.3) is 5.91 Å². The molecule has 2 heterocycles. The summed E-state index contributed by atoms with van der Waals surface area (Å²) in [7, 11) is 0. The largest absolute Gasteiger partial charge is 0.305 e. The summed E-state index contributed by atoms with van der Waals surface area (Å²) in [6, 6.07) is 8.43. The zero-order chi connectivity index (χ0) is 22.8. The predicted molar refractivity (Wildman–Crippen MR) is 111 cm³/mol. The van der Waals surface area contributed by atoms with Gasteiger partial charge in [-0.25, -0.2) is 17.6 Å². The summed E-state index contributed by atoms with van der Waals surface area (Å²) in [6.07, 6.45) is 4.78. The minimum Gasteiger partial charge on any atom is -0.305 e. The summed E-state index contributed by atoms with van der Waals surface area (Å²) in [4.78, 5) is 12.6. The smallest absolute Gasteiger partial charge is 0.256 e. The van der Waals surface area contributed by atoms with Crippen molar-refractivity contribution in [3.05, 3.63) is 99.4 Å². The Morgan fingerprint density at radius 3 is 2.44 bits per heavy atom. The molecule has 0 radical (unpaired) electrons. The van der Waals surface area contributed by atoms with Gasteiger partial charge in [0.2, 0.25) is 0 Å². The number of benzene rings is 2. The molecule has 0 bridgehead atoms. The van der Waals surface area contributed by atoms with Gasteiger partial charge >= 0.3 is 0 Å². The van der Waals surface area contributed by atoms with E-state index >= 15 is 0 Å². The molecule has 0 aliphatic rings. The Morgan fingerprint density at radius 1 is 1.00 bits per heavy atom. The first-order valence-corrected chi connectivity index (χ1v) is 10.0. The number of amides is 1.